The molecule has 1 aliphatic heterocycles. The first-order valence-corrected chi connectivity index (χ1v) is 9.55. The number of aliphatic hydroxyl groups excluding tert-OH is 2. The zero-order valence-corrected chi connectivity index (χ0v) is 17.3. The summed E-state index contributed by atoms with van der Waals surface area (Å²) in [6, 6.07) is 1.38. The molecular formula is C17H16BrF4N5O4. The molecule has 1 aromatic carbocycles. The quantitative estimate of drug-likeness (QED) is 0.277. The lowest BCUT2D eigenvalue weighted by Gasteiger charge is -2.42. The van der Waals surface area contributed by atoms with E-state index in [0.717, 1.165) is 10.7 Å². The average molecular weight is 510 g/mol. The van der Waals surface area contributed by atoms with Crippen molar-refractivity contribution in [1.29, 1.82) is 0 Å². The first-order chi connectivity index (χ1) is 14.6. The lowest BCUT2D eigenvalue weighted by molar-refractivity contribution is -0.199. The molecule has 9 nitrogen and oxygen atoms in total. The summed E-state index contributed by atoms with van der Waals surface area (Å²) in [4.78, 5) is 2.67. The molecule has 2 N–H and O–H groups in total. The van der Waals surface area contributed by atoms with Crippen molar-refractivity contribution in [3.63, 3.8) is 0 Å². The van der Waals surface area contributed by atoms with Crippen molar-refractivity contribution in [3.8, 4) is 5.69 Å². The standard InChI is InChI=1S/C17H16BrF4N5O4/c1-30-16-13(25-26-23)14(29)12(6-28)31-15(16)10-2-3-24-27(10)11-5-8(18)9(19)4-7(11)17(20,21)22/h2-5,12-16,28-29H,6H2,1H3/t12-,13+,14+,15+,16-/m1/s1. The summed E-state index contributed by atoms with van der Waals surface area (Å²) in [5.74, 6) is -1.11. The third kappa shape index (κ3) is 4.40. The molecule has 14 heteroatoms. The second-order valence-electron chi connectivity index (χ2n) is 6.61. The van der Waals surface area contributed by atoms with E-state index >= 15 is 0 Å². The van der Waals surface area contributed by atoms with Crippen molar-refractivity contribution >= 4 is 15.9 Å². The molecule has 2 heterocycles. The van der Waals surface area contributed by atoms with Gasteiger partial charge < -0.3 is 19.7 Å². The van der Waals surface area contributed by atoms with Crippen molar-refractivity contribution in [2.75, 3.05) is 13.7 Å². The van der Waals surface area contributed by atoms with Crippen LogP contribution in [-0.4, -0.2) is 58.1 Å². The molecule has 168 valence electrons. The summed E-state index contributed by atoms with van der Waals surface area (Å²) >= 11 is 2.88. The Hall–Kier alpha value is -2.22. The second-order valence-corrected chi connectivity index (χ2v) is 7.47. The zero-order chi connectivity index (χ0) is 22.9. The molecule has 2 aromatic rings. The number of halogens is 5. The van der Waals surface area contributed by atoms with Crippen LogP contribution in [0.15, 0.2) is 34.0 Å². The van der Waals surface area contributed by atoms with Crippen LogP contribution in [0, 0.1) is 5.82 Å². The predicted molar refractivity (Wildman–Crippen MR) is 101 cm³/mol. The van der Waals surface area contributed by atoms with E-state index in [1.165, 1.54) is 19.4 Å². The monoisotopic (exact) mass is 509 g/mol. The topological polar surface area (TPSA) is 126 Å². The van der Waals surface area contributed by atoms with E-state index in [-0.39, 0.29) is 10.2 Å². The third-order valence-corrected chi connectivity index (χ3v) is 5.47. The first kappa shape index (κ1) is 23.4. The van der Waals surface area contributed by atoms with Crippen LogP contribution in [0.5, 0.6) is 0 Å². The fourth-order valence-corrected chi connectivity index (χ4v) is 3.79. The first-order valence-electron chi connectivity index (χ1n) is 8.76. The summed E-state index contributed by atoms with van der Waals surface area (Å²) in [6.07, 6.45) is -8.65. The zero-order valence-electron chi connectivity index (χ0n) is 15.7. The maximum absolute atomic E-state index is 13.9. The SMILES string of the molecule is CO[C@@H]1[C@@H](N=[N+]=[N-])[C@@H](O)[C@@H](CO)O[C@H]1c1ccnn1-c1cc(Br)c(F)cc1C(F)(F)F. The van der Waals surface area contributed by atoms with Gasteiger partial charge in [0.2, 0.25) is 0 Å². The molecule has 3 rings (SSSR count). The number of azide groups is 1. The number of benzene rings is 1. The van der Waals surface area contributed by atoms with Gasteiger partial charge in [-0.3, -0.25) is 0 Å². The fourth-order valence-electron chi connectivity index (χ4n) is 3.45. The number of aliphatic hydroxyl groups is 2. The van der Waals surface area contributed by atoms with Gasteiger partial charge in [-0.1, -0.05) is 5.11 Å². The van der Waals surface area contributed by atoms with Crippen LogP contribution in [-0.2, 0) is 15.7 Å². The number of aromatic nitrogens is 2. The summed E-state index contributed by atoms with van der Waals surface area (Å²) in [5.41, 5.74) is 7.11. The van der Waals surface area contributed by atoms with E-state index in [2.05, 4.69) is 31.1 Å². The van der Waals surface area contributed by atoms with Crippen LogP contribution in [0.2, 0.25) is 0 Å². The normalized spacial score (nSPS) is 26.5. The predicted octanol–water partition coefficient (Wildman–Crippen LogP) is 3.28. The highest BCUT2D eigenvalue weighted by Crippen LogP contribution is 2.40. The van der Waals surface area contributed by atoms with Gasteiger partial charge >= 0.3 is 6.18 Å². The van der Waals surface area contributed by atoms with Crippen LogP contribution < -0.4 is 0 Å². The van der Waals surface area contributed by atoms with E-state index in [1.54, 1.807) is 0 Å². The lowest BCUT2D eigenvalue weighted by Crippen LogP contribution is -2.55. The molecular weight excluding hydrogens is 494 g/mol. The van der Waals surface area contributed by atoms with Crippen molar-refractivity contribution in [2.45, 2.75) is 36.6 Å². The van der Waals surface area contributed by atoms with Crippen LogP contribution in [0.1, 0.15) is 17.4 Å². The summed E-state index contributed by atoms with van der Waals surface area (Å²) in [5, 5.41) is 27.3. The van der Waals surface area contributed by atoms with Gasteiger partial charge in [-0.15, -0.1) is 0 Å². The molecule has 5 atom stereocenters. The van der Waals surface area contributed by atoms with Crippen molar-refractivity contribution in [3.05, 3.63) is 56.4 Å². The Balaban J connectivity index is 2.17. The van der Waals surface area contributed by atoms with Gasteiger partial charge in [0.1, 0.15) is 24.1 Å². The highest BCUT2D eigenvalue weighted by Gasteiger charge is 2.47. The maximum atomic E-state index is 13.9. The smallest absolute Gasteiger partial charge is 0.394 e. The number of rotatable bonds is 5. The molecule has 0 bridgehead atoms. The Morgan fingerprint density at radius 2 is 2.13 bits per heavy atom. The minimum Gasteiger partial charge on any atom is -0.394 e. The molecule has 1 saturated heterocycles. The van der Waals surface area contributed by atoms with E-state index in [4.69, 9.17) is 15.0 Å². The van der Waals surface area contributed by atoms with Gasteiger partial charge in [0.15, 0.2) is 0 Å². The molecule has 1 fully saturated rings. The Kier molecular flexibility index (Phi) is 6.88. The number of hydrogen-bond acceptors (Lipinski definition) is 6. The maximum Gasteiger partial charge on any atom is 0.418 e. The molecule has 0 saturated carbocycles. The van der Waals surface area contributed by atoms with Crippen molar-refractivity contribution in [2.24, 2.45) is 5.11 Å². The highest BCUT2D eigenvalue weighted by atomic mass is 79.9. The minimum atomic E-state index is -4.90. The van der Waals surface area contributed by atoms with E-state index < -0.39 is 60.3 Å². The van der Waals surface area contributed by atoms with Gasteiger partial charge in [-0.2, -0.15) is 18.3 Å². The van der Waals surface area contributed by atoms with E-state index in [0.29, 0.717) is 6.07 Å². The molecule has 0 radical (unpaired) electrons. The number of hydrogen-bond donors (Lipinski definition) is 2. The Labute approximate surface area is 180 Å². The molecule has 0 amide bonds. The Morgan fingerprint density at radius 1 is 1.42 bits per heavy atom. The summed E-state index contributed by atoms with van der Waals surface area (Å²) < 4.78 is 66.3. The molecule has 31 heavy (non-hydrogen) atoms. The molecule has 0 aliphatic carbocycles. The summed E-state index contributed by atoms with van der Waals surface area (Å²) in [6.45, 7) is -0.657. The van der Waals surface area contributed by atoms with Gasteiger partial charge in [-0.25, -0.2) is 9.07 Å². The van der Waals surface area contributed by atoms with Gasteiger partial charge in [0.05, 0.1) is 40.2 Å². The van der Waals surface area contributed by atoms with Crippen molar-refractivity contribution < 1.29 is 37.2 Å². The van der Waals surface area contributed by atoms with Crippen LogP contribution in [0.25, 0.3) is 16.1 Å². The van der Waals surface area contributed by atoms with Crippen LogP contribution in [0.3, 0.4) is 0 Å². The fraction of sp³-hybridized carbons (Fsp3) is 0.471. The second kappa shape index (κ2) is 9.10. The van der Waals surface area contributed by atoms with Gasteiger partial charge in [-0.05, 0) is 39.7 Å². The Morgan fingerprint density at radius 3 is 2.71 bits per heavy atom. The number of alkyl halides is 3. The van der Waals surface area contributed by atoms with Gasteiger partial charge in [0.25, 0.3) is 0 Å². The van der Waals surface area contributed by atoms with Crippen LogP contribution >= 0.6 is 15.9 Å². The number of nitrogens with zero attached hydrogens (tertiary/aromatic N) is 5. The molecule has 0 spiro atoms. The minimum absolute atomic E-state index is 0.0411. The van der Waals surface area contributed by atoms with Gasteiger partial charge in [0, 0.05) is 18.2 Å². The Bertz CT molecular complexity index is 997. The van der Waals surface area contributed by atoms with Crippen molar-refractivity contribution in [1.82, 2.24) is 9.78 Å². The molecule has 0 unspecified atom stereocenters. The number of ether oxygens (including phenoxy) is 2. The molecule has 1 aromatic heterocycles. The lowest BCUT2D eigenvalue weighted by atomic mass is 9.91. The number of methoxy groups -OCH3 is 1. The summed E-state index contributed by atoms with van der Waals surface area (Å²) in [7, 11) is 1.24. The highest BCUT2D eigenvalue weighted by molar-refractivity contribution is 9.10. The third-order valence-electron chi connectivity index (χ3n) is 4.86. The largest absolute Gasteiger partial charge is 0.418 e. The van der Waals surface area contributed by atoms with E-state index in [1.807, 2.05) is 0 Å². The molecule has 1 aliphatic rings. The van der Waals surface area contributed by atoms with Crippen LogP contribution in [0.4, 0.5) is 17.6 Å². The van der Waals surface area contributed by atoms with E-state index in [9.17, 15) is 27.8 Å². The average Bonchev–Trinajstić information content (AvgIpc) is 3.19.